The molecule has 0 saturated carbocycles. The van der Waals surface area contributed by atoms with Crippen molar-refractivity contribution in [1.29, 1.82) is 0 Å². The van der Waals surface area contributed by atoms with Gasteiger partial charge in [0.05, 0.1) is 16.1 Å². The largest absolute Gasteiger partial charge is 0.332 e. The van der Waals surface area contributed by atoms with Crippen LogP contribution in [0.4, 0.5) is 0 Å². The summed E-state index contributed by atoms with van der Waals surface area (Å²) in [5.74, 6) is 0.564. The number of fused-ring (bicyclic) bond motifs is 1. The molecule has 0 aliphatic heterocycles. The number of rotatable bonds is 4. The van der Waals surface area contributed by atoms with Gasteiger partial charge in [-0.2, -0.15) is 14.8 Å². The van der Waals surface area contributed by atoms with E-state index >= 15 is 0 Å². The van der Waals surface area contributed by atoms with Crippen molar-refractivity contribution in [3.8, 4) is 28.7 Å². The van der Waals surface area contributed by atoms with Gasteiger partial charge in [0.2, 0.25) is 5.82 Å². The fourth-order valence-electron chi connectivity index (χ4n) is 3.34. The third kappa shape index (κ3) is 3.52. The average Bonchev–Trinajstić information content (AvgIpc) is 3.29. The average molecular weight is 447 g/mol. The Hall–Kier alpha value is -3.42. The van der Waals surface area contributed by atoms with Crippen LogP contribution in [0, 0.1) is 0 Å². The first-order chi connectivity index (χ1) is 15.2. The van der Waals surface area contributed by atoms with Crippen molar-refractivity contribution in [3.63, 3.8) is 0 Å². The van der Waals surface area contributed by atoms with Crippen molar-refractivity contribution in [3.05, 3.63) is 88.2 Å². The molecular weight excluding hydrogens is 432 g/mol. The van der Waals surface area contributed by atoms with E-state index in [1.807, 2.05) is 66.9 Å². The third-order valence-electron chi connectivity index (χ3n) is 4.85. The summed E-state index contributed by atoms with van der Waals surface area (Å²) in [4.78, 5) is 18.7. The Kier molecular flexibility index (Phi) is 5.05. The Morgan fingerprint density at radius 3 is 2.55 bits per heavy atom. The van der Waals surface area contributed by atoms with Crippen LogP contribution in [-0.4, -0.2) is 26.2 Å². The number of hydrogen-bond donors (Lipinski definition) is 0. The summed E-state index contributed by atoms with van der Waals surface area (Å²) >= 11 is 7.87. The van der Waals surface area contributed by atoms with Crippen LogP contribution in [0.5, 0.6) is 0 Å². The van der Waals surface area contributed by atoms with Gasteiger partial charge >= 0.3 is 0 Å². The van der Waals surface area contributed by atoms with Crippen molar-refractivity contribution in [2.75, 3.05) is 6.26 Å². The van der Waals surface area contributed by atoms with E-state index in [4.69, 9.17) is 16.1 Å². The molecule has 152 valence electrons. The molecule has 3 aromatic carbocycles. The molecule has 2 heterocycles. The number of hydrogen-bond acceptors (Lipinski definition) is 6. The van der Waals surface area contributed by atoms with Crippen LogP contribution in [0.3, 0.4) is 0 Å². The molecule has 0 bridgehead atoms. The first kappa shape index (κ1) is 19.5. The summed E-state index contributed by atoms with van der Waals surface area (Å²) in [6.45, 7) is 0. The van der Waals surface area contributed by atoms with E-state index in [0.29, 0.717) is 38.6 Å². The standard InChI is InChI=1S/C23H15ClN4O2S/c1-31-15-8-6-7-14(13-15)28-23(29)17-10-3-2-9-16(17)20(26-28)22-25-21(27-30-22)18-11-4-5-12-19(18)24/h2-13H,1H3. The van der Waals surface area contributed by atoms with E-state index in [9.17, 15) is 4.79 Å². The summed E-state index contributed by atoms with van der Waals surface area (Å²) in [5, 5.41) is 10.4. The molecule has 0 fully saturated rings. The van der Waals surface area contributed by atoms with Crippen LogP contribution in [0.1, 0.15) is 0 Å². The van der Waals surface area contributed by atoms with Gasteiger partial charge in [0.25, 0.3) is 11.4 Å². The molecule has 5 aromatic rings. The maximum Gasteiger partial charge on any atom is 0.279 e. The molecule has 0 aliphatic rings. The van der Waals surface area contributed by atoms with Gasteiger partial charge in [-0.15, -0.1) is 11.8 Å². The van der Waals surface area contributed by atoms with Gasteiger partial charge in [-0.3, -0.25) is 4.79 Å². The molecular formula is C23H15ClN4O2S. The fraction of sp³-hybridized carbons (Fsp3) is 0.0435. The fourth-order valence-corrected chi connectivity index (χ4v) is 4.01. The molecule has 31 heavy (non-hydrogen) atoms. The predicted molar refractivity (Wildman–Crippen MR) is 123 cm³/mol. The summed E-state index contributed by atoms with van der Waals surface area (Å²) < 4.78 is 6.91. The lowest BCUT2D eigenvalue weighted by atomic mass is 10.1. The molecule has 8 heteroatoms. The predicted octanol–water partition coefficient (Wildman–Crippen LogP) is 5.48. The molecule has 2 aromatic heterocycles. The van der Waals surface area contributed by atoms with Gasteiger partial charge in [0, 0.05) is 15.8 Å². The van der Waals surface area contributed by atoms with Gasteiger partial charge in [-0.05, 0) is 42.7 Å². The van der Waals surface area contributed by atoms with Crippen LogP contribution in [-0.2, 0) is 0 Å². The molecule has 0 amide bonds. The van der Waals surface area contributed by atoms with Gasteiger partial charge in [-0.1, -0.05) is 53.2 Å². The van der Waals surface area contributed by atoms with Crippen molar-refractivity contribution in [2.45, 2.75) is 4.90 Å². The minimum atomic E-state index is -0.219. The summed E-state index contributed by atoms with van der Waals surface area (Å²) in [6, 6.07) is 22.2. The topological polar surface area (TPSA) is 73.8 Å². The normalized spacial score (nSPS) is 11.2. The third-order valence-corrected chi connectivity index (χ3v) is 5.90. The van der Waals surface area contributed by atoms with Gasteiger partial charge < -0.3 is 4.52 Å². The molecule has 0 N–H and O–H groups in total. The van der Waals surface area contributed by atoms with Crippen LogP contribution in [0.25, 0.3) is 39.4 Å². The highest BCUT2D eigenvalue weighted by Crippen LogP contribution is 2.29. The highest BCUT2D eigenvalue weighted by atomic mass is 35.5. The lowest BCUT2D eigenvalue weighted by molar-refractivity contribution is 0.430. The van der Waals surface area contributed by atoms with Crippen molar-refractivity contribution in [1.82, 2.24) is 19.9 Å². The zero-order chi connectivity index (χ0) is 21.4. The Bertz CT molecular complexity index is 1480. The van der Waals surface area contributed by atoms with E-state index in [1.54, 1.807) is 23.9 Å². The lowest BCUT2D eigenvalue weighted by Crippen LogP contribution is -2.22. The van der Waals surface area contributed by atoms with Crippen LogP contribution in [0.2, 0.25) is 5.02 Å². The number of halogens is 1. The van der Waals surface area contributed by atoms with Crippen molar-refractivity contribution < 1.29 is 4.52 Å². The highest BCUT2D eigenvalue weighted by molar-refractivity contribution is 7.98. The van der Waals surface area contributed by atoms with Crippen molar-refractivity contribution >= 4 is 34.1 Å². The highest BCUT2D eigenvalue weighted by Gasteiger charge is 2.19. The van der Waals surface area contributed by atoms with Gasteiger partial charge in [0.15, 0.2) is 5.69 Å². The van der Waals surface area contributed by atoms with E-state index in [1.165, 1.54) is 4.68 Å². The number of nitrogens with zero attached hydrogens (tertiary/aromatic N) is 4. The second-order valence-electron chi connectivity index (χ2n) is 6.72. The Balaban J connectivity index is 1.73. The van der Waals surface area contributed by atoms with E-state index in [2.05, 4.69) is 15.2 Å². The van der Waals surface area contributed by atoms with Gasteiger partial charge in [0.1, 0.15) is 0 Å². The number of thioether (sulfide) groups is 1. The second-order valence-corrected chi connectivity index (χ2v) is 8.00. The molecule has 6 nitrogen and oxygen atoms in total. The monoisotopic (exact) mass is 446 g/mol. The molecule has 5 rings (SSSR count). The quantitative estimate of drug-likeness (QED) is 0.340. The summed E-state index contributed by atoms with van der Waals surface area (Å²) in [6.07, 6.45) is 1.98. The SMILES string of the molecule is CSc1cccc(-n2nc(-c3nc(-c4ccccc4Cl)no3)c3ccccc3c2=O)c1. The van der Waals surface area contributed by atoms with Crippen LogP contribution in [0.15, 0.2) is 87.0 Å². The minimum Gasteiger partial charge on any atom is -0.332 e. The number of aromatic nitrogens is 4. The second kappa shape index (κ2) is 8.02. The molecule has 0 unspecified atom stereocenters. The molecule has 0 saturated heterocycles. The first-order valence-electron chi connectivity index (χ1n) is 9.41. The molecule has 0 spiro atoms. The van der Waals surface area contributed by atoms with E-state index in [-0.39, 0.29) is 11.4 Å². The number of benzene rings is 3. The smallest absolute Gasteiger partial charge is 0.279 e. The Morgan fingerprint density at radius 2 is 1.74 bits per heavy atom. The molecule has 0 atom stereocenters. The summed E-state index contributed by atoms with van der Waals surface area (Å²) in [7, 11) is 0. The zero-order valence-corrected chi connectivity index (χ0v) is 17.9. The molecule has 0 radical (unpaired) electrons. The van der Waals surface area contributed by atoms with Crippen molar-refractivity contribution in [2.24, 2.45) is 0 Å². The Labute approximate surface area is 186 Å². The Morgan fingerprint density at radius 1 is 0.968 bits per heavy atom. The maximum absolute atomic E-state index is 13.2. The van der Waals surface area contributed by atoms with Crippen LogP contribution < -0.4 is 5.56 Å². The van der Waals surface area contributed by atoms with Gasteiger partial charge in [-0.25, -0.2) is 0 Å². The lowest BCUT2D eigenvalue weighted by Gasteiger charge is -2.10. The summed E-state index contributed by atoms with van der Waals surface area (Å²) in [5.41, 5.74) is 1.53. The zero-order valence-electron chi connectivity index (χ0n) is 16.3. The van der Waals surface area contributed by atoms with Crippen LogP contribution >= 0.6 is 23.4 Å². The minimum absolute atomic E-state index is 0.209. The van der Waals surface area contributed by atoms with E-state index < -0.39 is 0 Å². The van der Waals surface area contributed by atoms with E-state index in [0.717, 1.165) is 4.90 Å². The first-order valence-corrected chi connectivity index (χ1v) is 11.0. The maximum atomic E-state index is 13.2. The molecule has 0 aliphatic carbocycles.